The van der Waals surface area contributed by atoms with Crippen molar-refractivity contribution in [3.63, 3.8) is 0 Å². The Balaban J connectivity index is 1.45. The Bertz CT molecular complexity index is 1180. The minimum atomic E-state index is -0.398. The molecule has 31 heavy (non-hydrogen) atoms. The third-order valence-electron chi connectivity index (χ3n) is 7.18. The molecule has 0 unspecified atom stereocenters. The average molecular weight is 415 g/mol. The molecule has 3 aliphatic heterocycles. The average Bonchev–Trinajstić information content (AvgIpc) is 3.27. The van der Waals surface area contributed by atoms with Gasteiger partial charge in [-0.15, -0.1) is 0 Å². The van der Waals surface area contributed by atoms with Crippen LogP contribution in [-0.4, -0.2) is 43.7 Å². The number of methoxy groups -OCH3 is 1. The molecule has 3 heterocycles. The van der Waals surface area contributed by atoms with Gasteiger partial charge in [-0.05, 0) is 28.5 Å². The van der Waals surface area contributed by atoms with E-state index in [-0.39, 0.29) is 6.04 Å². The molecule has 0 aliphatic carbocycles. The fraction of sp³-hybridized carbons (Fsp3) is 0.346. The minimum absolute atomic E-state index is 0.179. The number of rotatable bonds is 2. The minimum Gasteiger partial charge on any atom is -0.493 e. The Morgan fingerprint density at radius 3 is 2.65 bits per heavy atom. The summed E-state index contributed by atoms with van der Waals surface area (Å²) in [7, 11) is 3.98. The topological polar surface area (TPSA) is 38.5 Å². The summed E-state index contributed by atoms with van der Waals surface area (Å²) < 4.78 is 12.5. The maximum atomic E-state index is 6.78. The molecule has 1 fully saturated rings. The fourth-order valence-corrected chi connectivity index (χ4v) is 5.37. The van der Waals surface area contributed by atoms with E-state index in [1.54, 1.807) is 12.0 Å². The van der Waals surface area contributed by atoms with Gasteiger partial charge in [0, 0.05) is 12.0 Å². The SMILES string of the molecule is COc1cccc2c1OC1(CC[NH+](C)CC1)N1N=C(c3ccc4ccccc4c3)C[C@@H]21. The lowest BCUT2D eigenvalue weighted by Gasteiger charge is -2.49. The smallest absolute Gasteiger partial charge is 0.209 e. The Labute approximate surface area is 182 Å². The highest BCUT2D eigenvalue weighted by Crippen LogP contribution is 2.52. The first kappa shape index (κ1) is 18.7. The maximum Gasteiger partial charge on any atom is 0.209 e. The molecule has 3 aromatic rings. The van der Waals surface area contributed by atoms with Crippen molar-refractivity contribution >= 4 is 16.5 Å². The second-order valence-electron chi connectivity index (χ2n) is 9.06. The van der Waals surface area contributed by atoms with E-state index in [9.17, 15) is 0 Å². The number of likely N-dealkylation sites (tertiary alicyclic amines) is 1. The molecule has 0 saturated carbocycles. The number of hydrogen-bond donors (Lipinski definition) is 1. The van der Waals surface area contributed by atoms with E-state index < -0.39 is 5.72 Å². The first-order chi connectivity index (χ1) is 15.2. The van der Waals surface area contributed by atoms with E-state index in [1.807, 2.05) is 6.07 Å². The molecule has 1 saturated heterocycles. The third-order valence-corrected chi connectivity index (χ3v) is 7.18. The van der Waals surface area contributed by atoms with Gasteiger partial charge in [-0.25, -0.2) is 5.01 Å². The standard InChI is InChI=1S/C26H27N3O2/c1-28-14-12-26(13-15-28)29-23(21-8-5-9-24(30-2)25(21)31-26)17-22(27-29)20-11-10-18-6-3-4-7-19(18)16-20/h3-11,16,23H,12-15,17H2,1-2H3/p+1/t23-/m0/s1. The number of nitrogens with one attached hydrogen (secondary N) is 1. The predicted molar refractivity (Wildman–Crippen MR) is 122 cm³/mol. The molecule has 6 rings (SSSR count). The van der Waals surface area contributed by atoms with Gasteiger partial charge >= 0.3 is 0 Å². The van der Waals surface area contributed by atoms with Gasteiger partial charge in [0.05, 0.1) is 51.8 Å². The summed E-state index contributed by atoms with van der Waals surface area (Å²) in [5.41, 5.74) is 3.12. The summed E-state index contributed by atoms with van der Waals surface area (Å²) in [6.07, 6.45) is 2.80. The quantitative estimate of drug-likeness (QED) is 0.699. The number of para-hydroxylation sites is 1. The zero-order chi connectivity index (χ0) is 21.0. The number of hydrazone groups is 1. The van der Waals surface area contributed by atoms with Crippen molar-refractivity contribution in [1.82, 2.24) is 5.01 Å². The van der Waals surface area contributed by atoms with E-state index >= 15 is 0 Å². The third kappa shape index (κ3) is 2.91. The van der Waals surface area contributed by atoms with Gasteiger partial charge in [-0.3, -0.25) is 0 Å². The largest absolute Gasteiger partial charge is 0.493 e. The number of nitrogens with zero attached hydrogens (tertiary/aromatic N) is 2. The molecular weight excluding hydrogens is 386 g/mol. The number of quaternary nitrogens is 1. The van der Waals surface area contributed by atoms with Crippen LogP contribution in [0.4, 0.5) is 0 Å². The molecule has 0 bridgehead atoms. The second-order valence-corrected chi connectivity index (χ2v) is 9.06. The molecule has 5 nitrogen and oxygen atoms in total. The molecule has 3 aromatic carbocycles. The molecule has 5 heteroatoms. The molecule has 0 aromatic heterocycles. The van der Waals surface area contributed by atoms with Crippen LogP contribution in [0.3, 0.4) is 0 Å². The van der Waals surface area contributed by atoms with E-state index in [1.165, 1.54) is 21.9 Å². The molecule has 0 radical (unpaired) electrons. The number of ether oxygens (including phenoxy) is 2. The van der Waals surface area contributed by atoms with Gasteiger partial charge in [0.15, 0.2) is 11.5 Å². The van der Waals surface area contributed by atoms with Crippen LogP contribution in [0.15, 0.2) is 65.8 Å². The van der Waals surface area contributed by atoms with Crippen LogP contribution in [0.2, 0.25) is 0 Å². The zero-order valence-corrected chi connectivity index (χ0v) is 18.1. The molecule has 1 atom stereocenters. The van der Waals surface area contributed by atoms with Crippen molar-refractivity contribution in [2.24, 2.45) is 5.10 Å². The lowest BCUT2D eigenvalue weighted by Crippen LogP contribution is -3.11. The van der Waals surface area contributed by atoms with Crippen LogP contribution in [-0.2, 0) is 0 Å². The number of fused-ring (bicyclic) bond motifs is 5. The van der Waals surface area contributed by atoms with Crippen molar-refractivity contribution in [3.8, 4) is 11.5 Å². The molecule has 0 amide bonds. The summed E-state index contributed by atoms with van der Waals surface area (Å²) >= 11 is 0. The molecule has 3 aliphatic rings. The van der Waals surface area contributed by atoms with Crippen LogP contribution in [0.5, 0.6) is 11.5 Å². The predicted octanol–water partition coefficient (Wildman–Crippen LogP) is 3.40. The van der Waals surface area contributed by atoms with Crippen LogP contribution < -0.4 is 14.4 Å². The van der Waals surface area contributed by atoms with Crippen molar-refractivity contribution in [1.29, 1.82) is 0 Å². The van der Waals surface area contributed by atoms with Crippen LogP contribution >= 0.6 is 0 Å². The maximum absolute atomic E-state index is 6.78. The van der Waals surface area contributed by atoms with E-state index in [0.29, 0.717) is 0 Å². The van der Waals surface area contributed by atoms with Crippen LogP contribution in [0, 0.1) is 0 Å². The van der Waals surface area contributed by atoms with Gasteiger partial charge in [-0.1, -0.05) is 48.5 Å². The Morgan fingerprint density at radius 1 is 1.03 bits per heavy atom. The van der Waals surface area contributed by atoms with Crippen molar-refractivity contribution in [2.75, 3.05) is 27.2 Å². The Morgan fingerprint density at radius 2 is 1.84 bits per heavy atom. The second kappa shape index (κ2) is 6.99. The normalized spacial score (nSPS) is 26.9. The molecule has 1 spiro atoms. The summed E-state index contributed by atoms with van der Waals surface area (Å²) in [6, 6.07) is 21.6. The monoisotopic (exact) mass is 414 g/mol. The van der Waals surface area contributed by atoms with Gasteiger partial charge in [0.1, 0.15) is 0 Å². The van der Waals surface area contributed by atoms with Crippen molar-refractivity contribution < 1.29 is 14.4 Å². The number of benzene rings is 3. The summed E-state index contributed by atoms with van der Waals surface area (Å²) in [6.45, 7) is 2.16. The number of piperidine rings is 1. The summed E-state index contributed by atoms with van der Waals surface area (Å²) in [4.78, 5) is 1.55. The molecule has 158 valence electrons. The molecular formula is C26H28N3O2+. The lowest BCUT2D eigenvalue weighted by molar-refractivity contribution is -0.888. The van der Waals surface area contributed by atoms with Crippen LogP contribution in [0.25, 0.3) is 10.8 Å². The Kier molecular flexibility index (Phi) is 4.22. The first-order valence-corrected chi connectivity index (χ1v) is 11.2. The van der Waals surface area contributed by atoms with E-state index in [4.69, 9.17) is 14.6 Å². The first-order valence-electron chi connectivity index (χ1n) is 11.2. The zero-order valence-electron chi connectivity index (χ0n) is 18.1. The highest BCUT2D eigenvalue weighted by molar-refractivity contribution is 6.04. The Hall–Kier alpha value is -3.05. The fourth-order valence-electron chi connectivity index (χ4n) is 5.37. The number of hydrogen-bond acceptors (Lipinski definition) is 4. The van der Waals surface area contributed by atoms with Crippen molar-refractivity contribution in [2.45, 2.75) is 31.0 Å². The van der Waals surface area contributed by atoms with Gasteiger partial charge in [0.25, 0.3) is 0 Å². The van der Waals surface area contributed by atoms with E-state index in [0.717, 1.165) is 49.6 Å². The van der Waals surface area contributed by atoms with Gasteiger partial charge < -0.3 is 14.4 Å². The van der Waals surface area contributed by atoms with Crippen molar-refractivity contribution in [3.05, 3.63) is 71.8 Å². The van der Waals surface area contributed by atoms with Gasteiger partial charge in [-0.2, -0.15) is 5.10 Å². The summed E-state index contributed by atoms with van der Waals surface area (Å²) in [5.74, 6) is 1.72. The highest BCUT2D eigenvalue weighted by Gasteiger charge is 2.53. The van der Waals surface area contributed by atoms with Gasteiger partial charge in [0.2, 0.25) is 5.72 Å². The highest BCUT2D eigenvalue weighted by atomic mass is 16.5. The van der Waals surface area contributed by atoms with E-state index in [2.05, 4.69) is 66.7 Å². The summed E-state index contributed by atoms with van der Waals surface area (Å²) in [5, 5.41) is 10.0. The molecule has 1 N–H and O–H groups in total. The van der Waals surface area contributed by atoms with Crippen LogP contribution in [0.1, 0.15) is 36.4 Å². The lowest BCUT2D eigenvalue weighted by atomic mass is 9.90.